The van der Waals surface area contributed by atoms with Crippen molar-refractivity contribution < 1.29 is 4.79 Å². The Balaban J connectivity index is 1.71. The van der Waals surface area contributed by atoms with E-state index in [4.69, 9.17) is 5.73 Å². The number of amides is 1. The van der Waals surface area contributed by atoms with Crippen LogP contribution in [0.1, 0.15) is 37.4 Å². The Morgan fingerprint density at radius 2 is 2.14 bits per heavy atom. The standard InChI is InChI=1S/C14H18N6O/c15-11(21)10-2-1-6-19(8-10)13-14-18-17-12(9-3-4-9)20(14)7-5-16-13/h5,7,9-10H,1-4,6,8H2,(H2,15,21). The van der Waals surface area contributed by atoms with E-state index in [1.165, 1.54) is 12.8 Å². The topological polar surface area (TPSA) is 89.4 Å². The average Bonchev–Trinajstić information content (AvgIpc) is 3.26. The van der Waals surface area contributed by atoms with Gasteiger partial charge in [-0.05, 0) is 25.7 Å². The second kappa shape index (κ2) is 4.68. The van der Waals surface area contributed by atoms with Gasteiger partial charge in [-0.25, -0.2) is 4.98 Å². The second-order valence-electron chi connectivity index (χ2n) is 5.96. The normalized spacial score (nSPS) is 22.7. The number of nitrogens with two attached hydrogens (primary N) is 1. The molecule has 0 radical (unpaired) electrons. The molecule has 2 N–H and O–H groups in total. The molecule has 2 aliphatic rings. The van der Waals surface area contributed by atoms with Crippen LogP contribution in [-0.2, 0) is 4.79 Å². The predicted octanol–water partition coefficient (Wildman–Crippen LogP) is 0.703. The lowest BCUT2D eigenvalue weighted by Gasteiger charge is -2.31. The molecule has 110 valence electrons. The van der Waals surface area contributed by atoms with Gasteiger partial charge in [-0.15, -0.1) is 10.2 Å². The van der Waals surface area contributed by atoms with Crippen molar-refractivity contribution in [3.8, 4) is 0 Å². The van der Waals surface area contributed by atoms with Gasteiger partial charge in [-0.2, -0.15) is 0 Å². The van der Waals surface area contributed by atoms with Gasteiger partial charge in [0.25, 0.3) is 0 Å². The SMILES string of the molecule is NC(=O)C1CCCN(c2nccn3c(C4CC4)nnc23)C1. The van der Waals surface area contributed by atoms with Crippen LogP contribution in [0.5, 0.6) is 0 Å². The Bertz CT molecular complexity index is 692. The first kappa shape index (κ1) is 12.6. The molecule has 2 fully saturated rings. The summed E-state index contributed by atoms with van der Waals surface area (Å²) >= 11 is 0. The molecule has 7 heteroatoms. The van der Waals surface area contributed by atoms with Crippen molar-refractivity contribution in [2.45, 2.75) is 31.6 Å². The van der Waals surface area contributed by atoms with Gasteiger partial charge >= 0.3 is 0 Å². The summed E-state index contributed by atoms with van der Waals surface area (Å²) in [5, 5.41) is 8.64. The monoisotopic (exact) mass is 286 g/mol. The van der Waals surface area contributed by atoms with Crippen LogP contribution in [-0.4, -0.2) is 38.6 Å². The zero-order valence-electron chi connectivity index (χ0n) is 11.8. The molecule has 1 saturated carbocycles. The number of nitrogens with zero attached hydrogens (tertiary/aromatic N) is 5. The fourth-order valence-corrected chi connectivity index (χ4v) is 3.08. The maximum Gasteiger partial charge on any atom is 0.222 e. The number of rotatable bonds is 3. The summed E-state index contributed by atoms with van der Waals surface area (Å²) in [6, 6.07) is 0. The number of carbonyl (C=O) groups excluding carboxylic acids is 1. The van der Waals surface area contributed by atoms with Crippen molar-refractivity contribution in [3.63, 3.8) is 0 Å². The van der Waals surface area contributed by atoms with E-state index in [-0.39, 0.29) is 11.8 Å². The van der Waals surface area contributed by atoms with Gasteiger partial charge in [0.15, 0.2) is 5.82 Å². The summed E-state index contributed by atoms with van der Waals surface area (Å²) in [7, 11) is 0. The zero-order valence-corrected chi connectivity index (χ0v) is 11.8. The molecule has 1 aliphatic heterocycles. The number of piperidine rings is 1. The van der Waals surface area contributed by atoms with Crippen LogP contribution >= 0.6 is 0 Å². The average molecular weight is 286 g/mol. The van der Waals surface area contributed by atoms with Crippen LogP contribution in [0, 0.1) is 5.92 Å². The number of carbonyl (C=O) groups is 1. The third kappa shape index (κ3) is 2.12. The van der Waals surface area contributed by atoms with Crippen LogP contribution in [0.15, 0.2) is 12.4 Å². The van der Waals surface area contributed by atoms with Gasteiger partial charge in [0.05, 0.1) is 5.92 Å². The van der Waals surface area contributed by atoms with Crippen LogP contribution in [0.25, 0.3) is 5.65 Å². The molecule has 1 saturated heterocycles. The summed E-state index contributed by atoms with van der Waals surface area (Å²) in [5.41, 5.74) is 6.24. The molecule has 21 heavy (non-hydrogen) atoms. The third-order valence-electron chi connectivity index (χ3n) is 4.40. The highest BCUT2D eigenvalue weighted by atomic mass is 16.1. The smallest absolute Gasteiger partial charge is 0.222 e. The van der Waals surface area contributed by atoms with Gasteiger partial charge in [-0.3, -0.25) is 9.20 Å². The van der Waals surface area contributed by atoms with E-state index in [9.17, 15) is 4.79 Å². The highest BCUT2D eigenvalue weighted by molar-refractivity contribution is 5.78. The van der Waals surface area contributed by atoms with Crippen LogP contribution in [0.2, 0.25) is 0 Å². The number of hydrogen-bond acceptors (Lipinski definition) is 5. The molecular weight excluding hydrogens is 268 g/mol. The highest BCUT2D eigenvalue weighted by Gasteiger charge is 2.31. The fourth-order valence-electron chi connectivity index (χ4n) is 3.08. The third-order valence-corrected chi connectivity index (χ3v) is 4.40. The maximum atomic E-state index is 11.4. The highest BCUT2D eigenvalue weighted by Crippen LogP contribution is 2.39. The van der Waals surface area contributed by atoms with Crippen molar-refractivity contribution in [1.29, 1.82) is 0 Å². The van der Waals surface area contributed by atoms with E-state index < -0.39 is 0 Å². The quantitative estimate of drug-likeness (QED) is 0.897. The van der Waals surface area contributed by atoms with Crippen molar-refractivity contribution in [2.24, 2.45) is 11.7 Å². The molecular formula is C14H18N6O. The number of hydrogen-bond donors (Lipinski definition) is 1. The van der Waals surface area contributed by atoms with Crippen molar-refractivity contribution in [1.82, 2.24) is 19.6 Å². The first-order valence-corrected chi connectivity index (χ1v) is 7.48. The van der Waals surface area contributed by atoms with Crippen LogP contribution < -0.4 is 10.6 Å². The Kier molecular flexibility index (Phi) is 2.80. The van der Waals surface area contributed by atoms with Gasteiger partial charge in [0.2, 0.25) is 11.6 Å². The molecule has 1 atom stereocenters. The van der Waals surface area contributed by atoms with Gasteiger partial charge in [0, 0.05) is 31.4 Å². The minimum absolute atomic E-state index is 0.105. The molecule has 1 unspecified atom stereocenters. The minimum atomic E-state index is -0.230. The lowest BCUT2D eigenvalue weighted by Crippen LogP contribution is -2.41. The molecule has 2 aromatic rings. The van der Waals surface area contributed by atoms with Crippen LogP contribution in [0.3, 0.4) is 0 Å². The largest absolute Gasteiger partial charge is 0.369 e. The Hall–Kier alpha value is -2.18. The minimum Gasteiger partial charge on any atom is -0.369 e. The second-order valence-corrected chi connectivity index (χ2v) is 5.96. The molecule has 7 nitrogen and oxygen atoms in total. The maximum absolute atomic E-state index is 11.4. The first-order chi connectivity index (χ1) is 10.2. The van der Waals surface area contributed by atoms with E-state index in [0.29, 0.717) is 12.5 Å². The number of primary amides is 1. The van der Waals surface area contributed by atoms with E-state index >= 15 is 0 Å². The number of aromatic nitrogens is 4. The first-order valence-electron chi connectivity index (χ1n) is 7.48. The van der Waals surface area contributed by atoms with Crippen LogP contribution in [0.4, 0.5) is 5.82 Å². The molecule has 1 aliphatic carbocycles. The molecule has 0 bridgehead atoms. The Morgan fingerprint density at radius 1 is 1.29 bits per heavy atom. The summed E-state index contributed by atoms with van der Waals surface area (Å²) < 4.78 is 2.04. The Labute approximate surface area is 122 Å². The zero-order chi connectivity index (χ0) is 14.4. The van der Waals surface area contributed by atoms with Crippen molar-refractivity contribution in [2.75, 3.05) is 18.0 Å². The lowest BCUT2D eigenvalue weighted by molar-refractivity contribution is -0.122. The van der Waals surface area contributed by atoms with E-state index in [1.54, 1.807) is 6.20 Å². The molecule has 0 aromatic carbocycles. The van der Waals surface area contributed by atoms with E-state index in [0.717, 1.165) is 36.7 Å². The summed E-state index contributed by atoms with van der Waals surface area (Å²) in [4.78, 5) is 18.0. The van der Waals surface area contributed by atoms with E-state index in [1.807, 2.05) is 10.6 Å². The molecule has 4 rings (SSSR count). The summed E-state index contributed by atoms with van der Waals surface area (Å²) in [6.45, 7) is 1.50. The predicted molar refractivity (Wildman–Crippen MR) is 76.9 cm³/mol. The molecule has 0 spiro atoms. The Morgan fingerprint density at radius 3 is 2.90 bits per heavy atom. The van der Waals surface area contributed by atoms with Crippen molar-refractivity contribution in [3.05, 3.63) is 18.2 Å². The summed E-state index contributed by atoms with van der Waals surface area (Å²) in [6.07, 6.45) is 7.88. The molecule has 1 amide bonds. The number of anilines is 1. The van der Waals surface area contributed by atoms with Gasteiger partial charge < -0.3 is 10.6 Å². The van der Waals surface area contributed by atoms with E-state index in [2.05, 4.69) is 20.1 Å². The molecule has 3 heterocycles. The van der Waals surface area contributed by atoms with Gasteiger partial charge in [0.1, 0.15) is 5.82 Å². The number of fused-ring (bicyclic) bond motifs is 1. The molecule has 2 aromatic heterocycles. The lowest BCUT2D eigenvalue weighted by atomic mass is 9.97. The van der Waals surface area contributed by atoms with Crippen molar-refractivity contribution >= 4 is 17.4 Å². The van der Waals surface area contributed by atoms with Gasteiger partial charge in [-0.1, -0.05) is 0 Å². The summed E-state index contributed by atoms with van der Waals surface area (Å²) in [5.74, 6) is 2.04. The fraction of sp³-hybridized carbons (Fsp3) is 0.571.